The third-order valence-corrected chi connectivity index (χ3v) is 2.82. The van der Waals surface area contributed by atoms with E-state index in [4.69, 9.17) is 16.3 Å². The summed E-state index contributed by atoms with van der Waals surface area (Å²) in [4.78, 5) is 10.2. The Morgan fingerprint density at radius 2 is 2.29 bits per heavy atom. The minimum atomic E-state index is 0.485. The molecule has 2 nitrogen and oxygen atoms in total. The van der Waals surface area contributed by atoms with Gasteiger partial charge in [0.25, 0.3) is 0 Å². The number of rotatable bonds is 4. The van der Waals surface area contributed by atoms with Gasteiger partial charge in [0.15, 0.2) is 0 Å². The van der Waals surface area contributed by atoms with Crippen LogP contribution in [-0.2, 0) is 11.2 Å². The fourth-order valence-electron chi connectivity index (χ4n) is 1.13. The molecule has 0 saturated heterocycles. The van der Waals surface area contributed by atoms with Gasteiger partial charge < -0.3 is 9.53 Å². The van der Waals surface area contributed by atoms with Crippen LogP contribution in [0.2, 0.25) is 5.02 Å². The molecule has 0 saturated carbocycles. The molecule has 0 aromatic heterocycles. The first kappa shape index (κ1) is 11.5. The minimum absolute atomic E-state index is 0.485. The van der Waals surface area contributed by atoms with E-state index in [9.17, 15) is 4.79 Å². The van der Waals surface area contributed by atoms with Crippen LogP contribution in [0, 0.1) is 0 Å². The lowest BCUT2D eigenvalue weighted by molar-refractivity contribution is -0.107. The Morgan fingerprint density at radius 3 is 2.86 bits per heavy atom. The average Bonchev–Trinajstić information content (AvgIpc) is 2.18. The summed E-state index contributed by atoms with van der Waals surface area (Å²) >= 11 is 9.36. The minimum Gasteiger partial charge on any atom is -0.496 e. The van der Waals surface area contributed by atoms with Gasteiger partial charge in [-0.2, -0.15) is 0 Å². The summed E-state index contributed by atoms with van der Waals surface area (Å²) in [5.74, 6) is 0.699. The second-order valence-electron chi connectivity index (χ2n) is 2.78. The van der Waals surface area contributed by atoms with Crippen LogP contribution in [0.4, 0.5) is 0 Å². The Kier molecular flexibility index (Phi) is 4.42. The summed E-state index contributed by atoms with van der Waals surface area (Å²) < 4.78 is 5.94. The lowest BCUT2D eigenvalue weighted by Gasteiger charge is -2.07. The average molecular weight is 278 g/mol. The second-order valence-corrected chi connectivity index (χ2v) is 4.05. The van der Waals surface area contributed by atoms with Gasteiger partial charge in [-0.1, -0.05) is 11.6 Å². The SMILES string of the molecule is COc1cc(Cl)c(CCC=O)cc1Br. The van der Waals surface area contributed by atoms with Crippen LogP contribution in [0.25, 0.3) is 0 Å². The first-order chi connectivity index (χ1) is 6.69. The number of benzene rings is 1. The van der Waals surface area contributed by atoms with Crippen LogP contribution in [0.1, 0.15) is 12.0 Å². The first-order valence-corrected chi connectivity index (χ1v) is 5.31. The molecule has 0 aliphatic rings. The molecule has 76 valence electrons. The number of hydrogen-bond acceptors (Lipinski definition) is 2. The van der Waals surface area contributed by atoms with Crippen LogP contribution >= 0.6 is 27.5 Å². The predicted molar refractivity (Wildman–Crippen MR) is 60.1 cm³/mol. The van der Waals surface area contributed by atoms with Gasteiger partial charge in [-0.25, -0.2) is 0 Å². The van der Waals surface area contributed by atoms with E-state index in [0.717, 1.165) is 16.3 Å². The maximum Gasteiger partial charge on any atom is 0.134 e. The van der Waals surface area contributed by atoms with Gasteiger partial charge in [0.05, 0.1) is 11.6 Å². The number of aldehydes is 1. The number of methoxy groups -OCH3 is 1. The van der Waals surface area contributed by atoms with Crippen LogP contribution in [-0.4, -0.2) is 13.4 Å². The Hall–Kier alpha value is -0.540. The lowest BCUT2D eigenvalue weighted by atomic mass is 10.1. The van der Waals surface area contributed by atoms with Crippen LogP contribution in [0.5, 0.6) is 5.75 Å². The third kappa shape index (κ3) is 2.72. The maximum atomic E-state index is 10.2. The molecule has 1 rings (SSSR count). The number of carbonyl (C=O) groups excluding carboxylic acids is 1. The molecule has 0 unspecified atom stereocenters. The molecule has 1 aromatic rings. The van der Waals surface area contributed by atoms with Crippen molar-refractivity contribution in [3.8, 4) is 5.75 Å². The zero-order valence-corrected chi connectivity index (χ0v) is 10.1. The lowest BCUT2D eigenvalue weighted by Crippen LogP contribution is -1.91. The van der Waals surface area contributed by atoms with E-state index in [1.807, 2.05) is 6.07 Å². The number of carbonyl (C=O) groups is 1. The zero-order valence-electron chi connectivity index (χ0n) is 7.72. The topological polar surface area (TPSA) is 26.3 Å². The molecule has 0 atom stereocenters. The second kappa shape index (κ2) is 5.37. The van der Waals surface area contributed by atoms with Crippen molar-refractivity contribution >= 4 is 33.8 Å². The summed E-state index contributed by atoms with van der Waals surface area (Å²) in [5, 5.41) is 0.631. The fraction of sp³-hybridized carbons (Fsp3) is 0.300. The van der Waals surface area contributed by atoms with E-state index < -0.39 is 0 Å². The Morgan fingerprint density at radius 1 is 1.57 bits per heavy atom. The highest BCUT2D eigenvalue weighted by Crippen LogP contribution is 2.31. The molecule has 4 heteroatoms. The quantitative estimate of drug-likeness (QED) is 0.790. The summed E-state index contributed by atoms with van der Waals surface area (Å²) in [5.41, 5.74) is 0.950. The van der Waals surface area contributed by atoms with E-state index in [-0.39, 0.29) is 0 Å². The van der Waals surface area contributed by atoms with Crippen molar-refractivity contribution in [3.05, 3.63) is 27.2 Å². The highest BCUT2D eigenvalue weighted by atomic mass is 79.9. The molecule has 0 heterocycles. The number of ether oxygens (including phenoxy) is 1. The smallest absolute Gasteiger partial charge is 0.134 e. The monoisotopic (exact) mass is 276 g/mol. The Bertz CT molecular complexity index is 339. The van der Waals surface area contributed by atoms with Crippen molar-refractivity contribution in [2.75, 3.05) is 7.11 Å². The van der Waals surface area contributed by atoms with E-state index in [1.165, 1.54) is 0 Å². The molecular formula is C10H10BrClO2. The third-order valence-electron chi connectivity index (χ3n) is 1.85. The summed E-state index contributed by atoms with van der Waals surface area (Å²) in [6, 6.07) is 3.62. The highest BCUT2D eigenvalue weighted by Gasteiger charge is 2.06. The first-order valence-electron chi connectivity index (χ1n) is 4.14. The van der Waals surface area contributed by atoms with Crippen LogP contribution in [0.15, 0.2) is 16.6 Å². The van der Waals surface area contributed by atoms with Crippen molar-refractivity contribution in [3.63, 3.8) is 0 Å². The zero-order chi connectivity index (χ0) is 10.6. The van der Waals surface area contributed by atoms with E-state index in [1.54, 1.807) is 13.2 Å². The highest BCUT2D eigenvalue weighted by molar-refractivity contribution is 9.10. The standard InChI is InChI=1S/C10H10BrClO2/c1-14-10-6-9(12)7(3-2-4-13)5-8(10)11/h4-6H,2-3H2,1H3. The number of hydrogen-bond donors (Lipinski definition) is 0. The molecule has 14 heavy (non-hydrogen) atoms. The molecular weight excluding hydrogens is 267 g/mol. The molecule has 0 spiro atoms. The fourth-order valence-corrected chi connectivity index (χ4v) is 1.93. The van der Waals surface area contributed by atoms with Crippen LogP contribution < -0.4 is 4.74 Å². The molecule has 0 radical (unpaired) electrons. The van der Waals surface area contributed by atoms with Gasteiger partial charge in [0.2, 0.25) is 0 Å². The molecule has 0 amide bonds. The van der Waals surface area contributed by atoms with Gasteiger partial charge in [0.1, 0.15) is 12.0 Å². The van der Waals surface area contributed by atoms with Crippen molar-refractivity contribution in [1.29, 1.82) is 0 Å². The van der Waals surface area contributed by atoms with Crippen molar-refractivity contribution in [1.82, 2.24) is 0 Å². The van der Waals surface area contributed by atoms with Crippen molar-refractivity contribution in [2.24, 2.45) is 0 Å². The van der Waals surface area contributed by atoms with Gasteiger partial charge >= 0.3 is 0 Å². The van der Waals surface area contributed by atoms with Gasteiger partial charge in [-0.05, 0) is 34.0 Å². The van der Waals surface area contributed by atoms with Gasteiger partial charge in [-0.15, -0.1) is 0 Å². The normalized spacial score (nSPS) is 9.93. The molecule has 0 N–H and O–H groups in total. The summed E-state index contributed by atoms with van der Waals surface area (Å²) in [7, 11) is 1.58. The van der Waals surface area contributed by atoms with Gasteiger partial charge in [0, 0.05) is 17.5 Å². The van der Waals surface area contributed by atoms with E-state index in [2.05, 4.69) is 15.9 Å². The summed E-state index contributed by atoms with van der Waals surface area (Å²) in [6.07, 6.45) is 2.03. The summed E-state index contributed by atoms with van der Waals surface area (Å²) in [6.45, 7) is 0. The Labute approximate surface area is 96.3 Å². The van der Waals surface area contributed by atoms with Crippen molar-refractivity contribution < 1.29 is 9.53 Å². The maximum absolute atomic E-state index is 10.2. The van der Waals surface area contributed by atoms with Crippen molar-refractivity contribution in [2.45, 2.75) is 12.8 Å². The molecule has 1 aromatic carbocycles. The van der Waals surface area contributed by atoms with E-state index in [0.29, 0.717) is 23.6 Å². The number of halogens is 2. The molecule has 0 bridgehead atoms. The van der Waals surface area contributed by atoms with Crippen LogP contribution in [0.3, 0.4) is 0 Å². The predicted octanol–water partition coefficient (Wildman–Crippen LogP) is 3.24. The molecule has 0 aliphatic carbocycles. The molecule has 0 fully saturated rings. The molecule has 0 aliphatic heterocycles. The Balaban J connectivity index is 2.96. The number of aryl methyl sites for hydroxylation is 1. The van der Waals surface area contributed by atoms with Gasteiger partial charge in [-0.3, -0.25) is 0 Å². The largest absolute Gasteiger partial charge is 0.496 e. The van der Waals surface area contributed by atoms with E-state index >= 15 is 0 Å².